The summed E-state index contributed by atoms with van der Waals surface area (Å²) in [6, 6.07) is 14.9. The van der Waals surface area contributed by atoms with Gasteiger partial charge in [0.1, 0.15) is 5.75 Å². The van der Waals surface area contributed by atoms with Crippen molar-refractivity contribution in [1.82, 2.24) is 5.32 Å². The molecule has 1 unspecified atom stereocenters. The van der Waals surface area contributed by atoms with Gasteiger partial charge >= 0.3 is 0 Å². The van der Waals surface area contributed by atoms with Crippen LogP contribution in [0.3, 0.4) is 0 Å². The summed E-state index contributed by atoms with van der Waals surface area (Å²) >= 11 is 0. The lowest BCUT2D eigenvalue weighted by Gasteiger charge is -2.23. The minimum atomic E-state index is -0.106. The molecule has 0 spiro atoms. The zero-order chi connectivity index (χ0) is 16.8. The van der Waals surface area contributed by atoms with Crippen LogP contribution in [0.15, 0.2) is 48.5 Å². The van der Waals surface area contributed by atoms with Crippen LogP contribution in [0.1, 0.15) is 29.8 Å². The maximum atomic E-state index is 12.5. The van der Waals surface area contributed by atoms with Crippen LogP contribution in [0.2, 0.25) is 0 Å². The number of ether oxygens (including phenoxy) is 1. The maximum Gasteiger partial charge on any atom is 0.251 e. The van der Waals surface area contributed by atoms with E-state index in [4.69, 9.17) is 10.5 Å². The Morgan fingerprint density at radius 1 is 1.17 bits per heavy atom. The number of anilines is 1. The van der Waals surface area contributed by atoms with Crippen LogP contribution in [-0.4, -0.2) is 19.1 Å². The molecule has 0 aliphatic heterocycles. The van der Waals surface area contributed by atoms with Crippen molar-refractivity contribution in [2.75, 3.05) is 12.8 Å². The zero-order valence-electron chi connectivity index (χ0n) is 13.9. The van der Waals surface area contributed by atoms with E-state index in [1.807, 2.05) is 24.3 Å². The average Bonchev–Trinajstić information content (AvgIpc) is 2.54. The molecule has 122 valence electrons. The van der Waals surface area contributed by atoms with Gasteiger partial charge in [0.2, 0.25) is 0 Å². The molecule has 0 saturated heterocycles. The number of methoxy groups -OCH3 is 1. The summed E-state index contributed by atoms with van der Waals surface area (Å²) in [6.45, 7) is 4.19. The van der Waals surface area contributed by atoms with Crippen molar-refractivity contribution in [2.24, 2.45) is 5.92 Å². The van der Waals surface area contributed by atoms with Crippen molar-refractivity contribution in [2.45, 2.75) is 26.3 Å². The van der Waals surface area contributed by atoms with Crippen LogP contribution < -0.4 is 15.8 Å². The molecule has 2 aromatic carbocycles. The molecule has 0 fully saturated rings. The molecule has 4 heteroatoms. The minimum absolute atomic E-state index is 0.0141. The Bertz CT molecular complexity index is 668. The van der Waals surface area contributed by atoms with Gasteiger partial charge in [-0.15, -0.1) is 0 Å². The third-order valence-electron chi connectivity index (χ3n) is 3.90. The predicted molar refractivity (Wildman–Crippen MR) is 93.6 cm³/mol. The molecule has 23 heavy (non-hydrogen) atoms. The lowest BCUT2D eigenvalue weighted by Crippen LogP contribution is -2.40. The first kappa shape index (κ1) is 16.9. The van der Waals surface area contributed by atoms with Gasteiger partial charge in [0.15, 0.2) is 0 Å². The Labute approximate surface area is 137 Å². The number of para-hydroxylation sites is 1. The van der Waals surface area contributed by atoms with Gasteiger partial charge in [-0.2, -0.15) is 0 Å². The van der Waals surface area contributed by atoms with Gasteiger partial charge < -0.3 is 15.8 Å². The first-order valence-electron chi connectivity index (χ1n) is 7.79. The summed E-state index contributed by atoms with van der Waals surface area (Å²) in [7, 11) is 1.66. The van der Waals surface area contributed by atoms with Crippen LogP contribution in [0.4, 0.5) is 5.69 Å². The molecule has 0 heterocycles. The molecule has 4 nitrogen and oxygen atoms in total. The second kappa shape index (κ2) is 7.68. The Morgan fingerprint density at radius 2 is 1.91 bits per heavy atom. The highest BCUT2D eigenvalue weighted by Gasteiger charge is 2.19. The highest BCUT2D eigenvalue weighted by molar-refractivity contribution is 5.95. The summed E-state index contributed by atoms with van der Waals surface area (Å²) < 4.78 is 5.40. The SMILES string of the molecule is COc1ccccc1CC(NC(=O)c1cccc(N)c1)C(C)C. The minimum Gasteiger partial charge on any atom is -0.496 e. The second-order valence-electron chi connectivity index (χ2n) is 5.97. The van der Waals surface area contributed by atoms with E-state index >= 15 is 0 Å². The largest absolute Gasteiger partial charge is 0.496 e. The standard InChI is InChI=1S/C19H24N2O2/c1-13(2)17(12-14-7-4-5-10-18(14)23-3)21-19(22)15-8-6-9-16(20)11-15/h4-11,13,17H,12,20H2,1-3H3,(H,21,22). The van der Waals surface area contributed by atoms with Gasteiger partial charge in [0, 0.05) is 17.3 Å². The van der Waals surface area contributed by atoms with Gasteiger partial charge in [-0.1, -0.05) is 38.1 Å². The molecule has 1 atom stereocenters. The van der Waals surface area contributed by atoms with Crippen molar-refractivity contribution in [3.63, 3.8) is 0 Å². The maximum absolute atomic E-state index is 12.5. The van der Waals surface area contributed by atoms with Crippen LogP contribution >= 0.6 is 0 Å². The number of hydrogen-bond acceptors (Lipinski definition) is 3. The molecule has 0 bridgehead atoms. The van der Waals surface area contributed by atoms with E-state index in [1.54, 1.807) is 31.4 Å². The Morgan fingerprint density at radius 3 is 2.57 bits per heavy atom. The lowest BCUT2D eigenvalue weighted by atomic mass is 9.95. The number of nitrogens with two attached hydrogens (primary N) is 1. The number of amides is 1. The van der Waals surface area contributed by atoms with E-state index in [9.17, 15) is 4.79 Å². The van der Waals surface area contributed by atoms with E-state index in [-0.39, 0.29) is 11.9 Å². The summed E-state index contributed by atoms with van der Waals surface area (Å²) in [4.78, 5) is 12.5. The van der Waals surface area contributed by atoms with Crippen LogP contribution in [0.5, 0.6) is 5.75 Å². The quantitative estimate of drug-likeness (QED) is 0.805. The van der Waals surface area contributed by atoms with Gasteiger partial charge in [-0.3, -0.25) is 4.79 Å². The second-order valence-corrected chi connectivity index (χ2v) is 5.97. The fraction of sp³-hybridized carbons (Fsp3) is 0.316. The summed E-state index contributed by atoms with van der Waals surface area (Å²) in [5.41, 5.74) is 8.00. The Kier molecular flexibility index (Phi) is 5.63. The Balaban J connectivity index is 2.14. The van der Waals surface area contributed by atoms with Crippen molar-refractivity contribution < 1.29 is 9.53 Å². The summed E-state index contributed by atoms with van der Waals surface area (Å²) in [5.74, 6) is 1.03. The third-order valence-corrected chi connectivity index (χ3v) is 3.90. The smallest absolute Gasteiger partial charge is 0.251 e. The molecule has 0 radical (unpaired) electrons. The molecular formula is C19H24N2O2. The fourth-order valence-corrected chi connectivity index (χ4v) is 2.49. The van der Waals surface area contributed by atoms with Crippen molar-refractivity contribution in [3.8, 4) is 5.75 Å². The highest BCUT2D eigenvalue weighted by atomic mass is 16.5. The Hall–Kier alpha value is -2.49. The number of carbonyl (C=O) groups excluding carboxylic acids is 1. The topological polar surface area (TPSA) is 64.3 Å². The summed E-state index contributed by atoms with van der Waals surface area (Å²) in [6.07, 6.45) is 0.718. The third kappa shape index (κ3) is 4.49. The normalized spacial score (nSPS) is 12.0. The number of benzene rings is 2. The lowest BCUT2D eigenvalue weighted by molar-refractivity contribution is 0.0925. The van der Waals surface area contributed by atoms with Crippen molar-refractivity contribution in [3.05, 3.63) is 59.7 Å². The molecule has 0 saturated carbocycles. The monoisotopic (exact) mass is 312 g/mol. The van der Waals surface area contributed by atoms with Gasteiger partial charge in [-0.05, 0) is 42.2 Å². The average molecular weight is 312 g/mol. The molecule has 0 aliphatic rings. The molecule has 1 amide bonds. The van der Waals surface area contributed by atoms with E-state index in [0.29, 0.717) is 17.2 Å². The van der Waals surface area contributed by atoms with E-state index in [0.717, 1.165) is 17.7 Å². The van der Waals surface area contributed by atoms with E-state index < -0.39 is 0 Å². The highest BCUT2D eigenvalue weighted by Crippen LogP contribution is 2.21. The van der Waals surface area contributed by atoms with E-state index in [2.05, 4.69) is 19.2 Å². The first-order chi connectivity index (χ1) is 11.0. The predicted octanol–water partition coefficient (Wildman–Crippen LogP) is 3.27. The number of rotatable bonds is 6. The molecule has 0 aliphatic carbocycles. The molecule has 0 aromatic heterocycles. The number of nitrogens with one attached hydrogen (secondary N) is 1. The van der Waals surface area contributed by atoms with E-state index in [1.165, 1.54) is 0 Å². The first-order valence-corrected chi connectivity index (χ1v) is 7.79. The van der Waals surface area contributed by atoms with Gasteiger partial charge in [-0.25, -0.2) is 0 Å². The zero-order valence-corrected chi connectivity index (χ0v) is 13.9. The molecular weight excluding hydrogens is 288 g/mol. The van der Waals surface area contributed by atoms with Gasteiger partial charge in [0.05, 0.1) is 7.11 Å². The number of nitrogen functional groups attached to an aromatic ring is 1. The molecule has 2 rings (SSSR count). The molecule has 2 aromatic rings. The number of carbonyl (C=O) groups is 1. The van der Waals surface area contributed by atoms with Gasteiger partial charge in [0.25, 0.3) is 5.91 Å². The van der Waals surface area contributed by atoms with Crippen LogP contribution in [-0.2, 0) is 6.42 Å². The fourth-order valence-electron chi connectivity index (χ4n) is 2.49. The number of hydrogen-bond donors (Lipinski definition) is 2. The van der Waals surface area contributed by atoms with Crippen molar-refractivity contribution >= 4 is 11.6 Å². The van der Waals surface area contributed by atoms with Crippen LogP contribution in [0, 0.1) is 5.92 Å². The van der Waals surface area contributed by atoms with Crippen LogP contribution in [0.25, 0.3) is 0 Å². The summed E-state index contributed by atoms with van der Waals surface area (Å²) in [5, 5.41) is 3.11. The molecule has 3 N–H and O–H groups in total. The van der Waals surface area contributed by atoms with Crippen molar-refractivity contribution in [1.29, 1.82) is 0 Å².